The molecule has 0 unspecified atom stereocenters. The molecular formula is C12H12BrN5O2S. The Morgan fingerprint density at radius 1 is 1.38 bits per heavy atom. The van der Waals surface area contributed by atoms with E-state index in [1.165, 1.54) is 30.7 Å². The Morgan fingerprint density at radius 3 is 2.86 bits per heavy atom. The lowest BCUT2D eigenvalue weighted by Crippen LogP contribution is -2.08. The zero-order chi connectivity index (χ0) is 14.8. The molecule has 9 heteroatoms. The Morgan fingerprint density at radius 2 is 2.14 bits per heavy atom. The van der Waals surface area contributed by atoms with E-state index in [1.807, 2.05) is 0 Å². The molecule has 1 aromatic carbocycles. The fraction of sp³-hybridized carbons (Fsp3) is 0.417. The van der Waals surface area contributed by atoms with Crippen molar-refractivity contribution in [1.82, 2.24) is 20.2 Å². The average molecular weight is 370 g/mol. The van der Waals surface area contributed by atoms with E-state index in [0.29, 0.717) is 20.6 Å². The van der Waals surface area contributed by atoms with Gasteiger partial charge in [0.25, 0.3) is 5.69 Å². The molecule has 3 rings (SSSR count). The number of nitro benzene ring substituents is 1. The van der Waals surface area contributed by atoms with Crippen molar-refractivity contribution >= 4 is 33.4 Å². The molecule has 110 valence electrons. The van der Waals surface area contributed by atoms with Crippen LogP contribution >= 0.6 is 27.7 Å². The molecule has 21 heavy (non-hydrogen) atoms. The zero-order valence-electron chi connectivity index (χ0n) is 11.0. The van der Waals surface area contributed by atoms with Crippen molar-refractivity contribution < 1.29 is 4.92 Å². The largest absolute Gasteiger partial charge is 0.284 e. The van der Waals surface area contributed by atoms with Gasteiger partial charge in [-0.3, -0.25) is 10.1 Å². The Labute approximate surface area is 133 Å². The minimum atomic E-state index is -0.392. The fourth-order valence-electron chi connectivity index (χ4n) is 2.45. The summed E-state index contributed by atoms with van der Waals surface area (Å²) in [5.41, 5.74) is 0.0512. The fourth-order valence-corrected chi connectivity index (χ4v) is 3.72. The van der Waals surface area contributed by atoms with E-state index < -0.39 is 4.92 Å². The van der Waals surface area contributed by atoms with Gasteiger partial charge >= 0.3 is 0 Å². The molecule has 0 aliphatic heterocycles. The number of benzene rings is 1. The van der Waals surface area contributed by atoms with E-state index in [9.17, 15) is 10.1 Å². The van der Waals surface area contributed by atoms with Crippen LogP contribution in [0.15, 0.2) is 32.7 Å². The monoisotopic (exact) mass is 369 g/mol. The summed E-state index contributed by atoms with van der Waals surface area (Å²) in [6, 6.07) is 5.28. The minimum Gasteiger partial charge on any atom is -0.258 e. The zero-order valence-corrected chi connectivity index (χ0v) is 13.4. The molecule has 1 saturated carbocycles. The van der Waals surface area contributed by atoms with Crippen LogP contribution in [0.2, 0.25) is 0 Å². The van der Waals surface area contributed by atoms with Crippen LogP contribution in [-0.2, 0) is 0 Å². The van der Waals surface area contributed by atoms with Crippen molar-refractivity contribution in [3.05, 3.63) is 32.8 Å². The Kier molecular flexibility index (Phi) is 4.20. The minimum absolute atomic E-state index is 0.0512. The highest BCUT2D eigenvalue weighted by molar-refractivity contribution is 9.10. The maximum absolute atomic E-state index is 11.2. The average Bonchev–Trinajstić information content (AvgIpc) is 3.11. The van der Waals surface area contributed by atoms with Gasteiger partial charge in [-0.05, 0) is 47.2 Å². The van der Waals surface area contributed by atoms with Gasteiger partial charge in [-0.15, -0.1) is 5.10 Å². The molecule has 1 aliphatic rings. The van der Waals surface area contributed by atoms with Crippen LogP contribution in [0.1, 0.15) is 31.7 Å². The number of nitrogens with zero attached hydrogens (tertiary/aromatic N) is 5. The van der Waals surface area contributed by atoms with Crippen molar-refractivity contribution in [1.29, 1.82) is 0 Å². The molecule has 0 atom stereocenters. The summed E-state index contributed by atoms with van der Waals surface area (Å²) in [7, 11) is 0. The number of rotatable bonds is 4. The molecule has 0 amide bonds. The van der Waals surface area contributed by atoms with Crippen LogP contribution in [0.3, 0.4) is 0 Å². The topological polar surface area (TPSA) is 86.7 Å². The number of nitro groups is 1. The van der Waals surface area contributed by atoms with Gasteiger partial charge in [0, 0.05) is 10.5 Å². The molecule has 0 bridgehead atoms. The summed E-state index contributed by atoms with van der Waals surface area (Å²) < 4.78 is 2.47. The summed E-state index contributed by atoms with van der Waals surface area (Å²) in [6.07, 6.45) is 4.46. The highest BCUT2D eigenvalue weighted by Gasteiger charge is 2.24. The molecule has 0 N–H and O–H groups in total. The number of aromatic nitrogens is 4. The predicted octanol–water partition coefficient (Wildman–Crippen LogP) is 3.61. The van der Waals surface area contributed by atoms with Crippen LogP contribution in [-0.4, -0.2) is 25.1 Å². The lowest BCUT2D eigenvalue weighted by molar-refractivity contribution is -0.387. The van der Waals surface area contributed by atoms with Gasteiger partial charge in [-0.25, -0.2) is 4.68 Å². The number of halogens is 1. The van der Waals surface area contributed by atoms with Crippen LogP contribution in [0.25, 0.3) is 0 Å². The van der Waals surface area contributed by atoms with Crippen LogP contribution < -0.4 is 0 Å². The van der Waals surface area contributed by atoms with Crippen molar-refractivity contribution in [2.45, 2.75) is 41.8 Å². The third kappa shape index (κ3) is 3.08. The molecule has 0 radical (unpaired) electrons. The molecular weight excluding hydrogens is 358 g/mol. The van der Waals surface area contributed by atoms with Crippen LogP contribution in [0, 0.1) is 10.1 Å². The summed E-state index contributed by atoms with van der Waals surface area (Å²) in [6.45, 7) is 0. The summed E-state index contributed by atoms with van der Waals surface area (Å²) in [4.78, 5) is 11.3. The molecule has 1 fully saturated rings. The van der Waals surface area contributed by atoms with E-state index in [2.05, 4.69) is 31.5 Å². The third-order valence-electron chi connectivity index (χ3n) is 3.45. The number of tetrazole rings is 1. The summed E-state index contributed by atoms with van der Waals surface area (Å²) >= 11 is 4.49. The number of hydrogen-bond donors (Lipinski definition) is 0. The molecule has 1 aromatic heterocycles. The first kappa shape index (κ1) is 14.5. The molecule has 1 aliphatic carbocycles. The summed E-state index contributed by atoms with van der Waals surface area (Å²) in [5, 5.41) is 23.5. The van der Waals surface area contributed by atoms with Gasteiger partial charge in [-0.2, -0.15) is 0 Å². The Hall–Kier alpha value is -1.48. The highest BCUT2D eigenvalue weighted by atomic mass is 79.9. The molecule has 0 saturated heterocycles. The van der Waals surface area contributed by atoms with Gasteiger partial charge < -0.3 is 0 Å². The van der Waals surface area contributed by atoms with Crippen LogP contribution in [0.4, 0.5) is 5.69 Å². The molecule has 2 aromatic rings. The summed E-state index contributed by atoms with van der Waals surface area (Å²) in [5.74, 6) is 0. The smallest absolute Gasteiger partial charge is 0.258 e. The first-order valence-corrected chi connectivity index (χ1v) is 8.16. The van der Waals surface area contributed by atoms with Gasteiger partial charge in [0.15, 0.2) is 0 Å². The van der Waals surface area contributed by atoms with Crippen molar-refractivity contribution in [3.63, 3.8) is 0 Å². The van der Waals surface area contributed by atoms with Crippen molar-refractivity contribution in [3.8, 4) is 0 Å². The van der Waals surface area contributed by atoms with E-state index in [0.717, 1.165) is 12.8 Å². The number of hydrogen-bond acceptors (Lipinski definition) is 6. The van der Waals surface area contributed by atoms with Gasteiger partial charge in [0.1, 0.15) is 0 Å². The second-order valence-corrected chi connectivity index (χ2v) is 6.74. The van der Waals surface area contributed by atoms with Crippen molar-refractivity contribution in [2.75, 3.05) is 0 Å². The van der Waals surface area contributed by atoms with Crippen LogP contribution in [0.5, 0.6) is 0 Å². The van der Waals surface area contributed by atoms with Gasteiger partial charge in [0.05, 0.1) is 15.9 Å². The second-order valence-electron chi connectivity index (χ2n) is 4.82. The van der Waals surface area contributed by atoms with Crippen molar-refractivity contribution in [2.24, 2.45) is 0 Å². The Bertz CT molecular complexity index is 671. The molecule has 7 nitrogen and oxygen atoms in total. The van der Waals surface area contributed by atoms with Gasteiger partial charge in [0.2, 0.25) is 5.16 Å². The lowest BCUT2D eigenvalue weighted by Gasteiger charge is -2.10. The highest BCUT2D eigenvalue weighted by Crippen LogP contribution is 2.38. The van der Waals surface area contributed by atoms with E-state index >= 15 is 0 Å². The first-order chi connectivity index (χ1) is 10.1. The van der Waals surface area contributed by atoms with E-state index in [4.69, 9.17) is 0 Å². The SMILES string of the molecule is O=[N+]([O-])c1cc(Br)ccc1Sc1nnnn1C1CCCC1. The molecule has 1 heterocycles. The third-order valence-corrected chi connectivity index (χ3v) is 4.96. The first-order valence-electron chi connectivity index (χ1n) is 6.55. The predicted molar refractivity (Wildman–Crippen MR) is 80.2 cm³/mol. The second kappa shape index (κ2) is 6.10. The standard InChI is InChI=1S/C12H12BrN5O2S/c13-8-5-6-11(10(7-8)18(19)20)21-12-14-15-16-17(12)9-3-1-2-4-9/h5-7,9H,1-4H2. The quantitative estimate of drug-likeness (QED) is 0.604. The Balaban J connectivity index is 1.91. The molecule has 0 spiro atoms. The lowest BCUT2D eigenvalue weighted by atomic mass is 10.3. The van der Waals surface area contributed by atoms with Gasteiger partial charge in [-0.1, -0.05) is 28.8 Å². The van der Waals surface area contributed by atoms with E-state index in [-0.39, 0.29) is 5.69 Å². The normalized spacial score (nSPS) is 15.5. The maximum Gasteiger partial charge on any atom is 0.284 e. The van der Waals surface area contributed by atoms with E-state index in [1.54, 1.807) is 16.8 Å². The maximum atomic E-state index is 11.2.